The molecule has 166 valence electrons. The number of hydrogen-bond acceptors (Lipinski definition) is 6. The van der Waals surface area contributed by atoms with Crippen LogP contribution < -0.4 is 0 Å². The number of likely N-dealkylation sites (tertiary alicyclic amines) is 1. The third-order valence-corrected chi connectivity index (χ3v) is 8.86. The Morgan fingerprint density at radius 2 is 1.94 bits per heavy atom. The molecule has 0 bridgehead atoms. The Labute approximate surface area is 187 Å². The number of nitrogens with zero attached hydrogens (tertiary/aromatic N) is 4. The molecule has 0 radical (unpaired) electrons. The zero-order valence-electron chi connectivity index (χ0n) is 17.5. The fraction of sp³-hybridized carbons (Fsp3) is 0.500. The minimum Gasteiger partial charge on any atom is -0.341 e. The average Bonchev–Trinajstić information content (AvgIpc) is 3.35. The van der Waals surface area contributed by atoms with Crippen molar-refractivity contribution in [1.82, 2.24) is 19.7 Å². The number of thioether (sulfide) groups is 1. The van der Waals surface area contributed by atoms with E-state index in [1.54, 1.807) is 6.08 Å². The van der Waals surface area contributed by atoms with Gasteiger partial charge in [0.15, 0.2) is 15.0 Å². The molecular formula is C22H28N4O3S2. The van der Waals surface area contributed by atoms with E-state index in [9.17, 15) is 13.2 Å². The van der Waals surface area contributed by atoms with Gasteiger partial charge in [-0.2, -0.15) is 0 Å². The first-order valence-corrected chi connectivity index (χ1v) is 13.4. The monoisotopic (exact) mass is 460 g/mol. The Bertz CT molecular complexity index is 1030. The van der Waals surface area contributed by atoms with E-state index in [-0.39, 0.29) is 23.3 Å². The normalized spacial score (nSPS) is 21.7. The molecule has 0 aliphatic carbocycles. The van der Waals surface area contributed by atoms with Crippen LogP contribution in [0.4, 0.5) is 0 Å². The van der Waals surface area contributed by atoms with Crippen molar-refractivity contribution in [2.75, 3.05) is 24.6 Å². The molecule has 2 aromatic rings. The van der Waals surface area contributed by atoms with Crippen molar-refractivity contribution in [2.45, 2.75) is 48.6 Å². The van der Waals surface area contributed by atoms with Crippen LogP contribution in [0, 0.1) is 0 Å². The van der Waals surface area contributed by atoms with Crippen LogP contribution in [-0.4, -0.2) is 58.6 Å². The number of benzene rings is 1. The van der Waals surface area contributed by atoms with Gasteiger partial charge in [-0.05, 0) is 31.2 Å². The van der Waals surface area contributed by atoms with Crippen molar-refractivity contribution in [1.29, 1.82) is 0 Å². The summed E-state index contributed by atoms with van der Waals surface area (Å²) in [5.74, 6) is 0.873. The molecule has 7 nitrogen and oxygen atoms in total. The molecule has 1 aromatic heterocycles. The van der Waals surface area contributed by atoms with Crippen LogP contribution in [0.25, 0.3) is 0 Å². The van der Waals surface area contributed by atoms with Gasteiger partial charge in [-0.25, -0.2) is 8.42 Å². The van der Waals surface area contributed by atoms with Gasteiger partial charge in [0.05, 0.1) is 11.5 Å². The minimum atomic E-state index is -3.03. The summed E-state index contributed by atoms with van der Waals surface area (Å²) in [6.07, 6.45) is 5.53. The molecule has 1 amide bonds. The maximum atomic E-state index is 13.5. The fourth-order valence-corrected chi connectivity index (χ4v) is 7.14. The van der Waals surface area contributed by atoms with Crippen molar-refractivity contribution >= 4 is 27.5 Å². The predicted molar refractivity (Wildman–Crippen MR) is 122 cm³/mol. The molecule has 2 unspecified atom stereocenters. The van der Waals surface area contributed by atoms with Gasteiger partial charge >= 0.3 is 0 Å². The van der Waals surface area contributed by atoms with Gasteiger partial charge in [0.1, 0.15) is 11.1 Å². The maximum Gasteiger partial charge on any atom is 0.240 e. The third-order valence-electron chi connectivity index (χ3n) is 5.87. The first-order chi connectivity index (χ1) is 15.0. The van der Waals surface area contributed by atoms with Gasteiger partial charge < -0.3 is 9.47 Å². The highest BCUT2D eigenvalue weighted by atomic mass is 32.2. The van der Waals surface area contributed by atoms with E-state index in [1.807, 2.05) is 39.8 Å². The second kappa shape index (κ2) is 9.56. The molecule has 2 fully saturated rings. The predicted octanol–water partition coefficient (Wildman–Crippen LogP) is 3.21. The number of piperidine rings is 1. The second-order valence-corrected chi connectivity index (χ2v) is 11.4. The molecule has 1 aromatic carbocycles. The number of sulfone groups is 1. The highest BCUT2D eigenvalue weighted by molar-refractivity contribution is 8.00. The van der Waals surface area contributed by atoms with Gasteiger partial charge in [-0.1, -0.05) is 48.2 Å². The molecule has 2 aliphatic rings. The van der Waals surface area contributed by atoms with E-state index in [1.165, 1.54) is 11.8 Å². The number of hydrogen-bond donors (Lipinski definition) is 0. The number of carbonyl (C=O) groups excluding carboxylic acids is 1. The molecule has 0 N–H and O–H groups in total. The largest absolute Gasteiger partial charge is 0.341 e. The topological polar surface area (TPSA) is 85.2 Å². The van der Waals surface area contributed by atoms with Crippen LogP contribution in [0.1, 0.15) is 48.2 Å². The SMILES string of the molecule is C=CCn1c(SC(C(=O)N2CCCCC2)c2ccccc2)nnc1C1CCS(=O)(=O)C1. The molecule has 2 atom stereocenters. The second-order valence-electron chi connectivity index (χ2n) is 8.13. The number of aromatic nitrogens is 3. The van der Waals surface area contributed by atoms with Gasteiger partial charge in [0.2, 0.25) is 5.91 Å². The number of amides is 1. The van der Waals surface area contributed by atoms with E-state index in [4.69, 9.17) is 0 Å². The zero-order chi connectivity index (χ0) is 21.8. The Kier molecular flexibility index (Phi) is 6.81. The molecule has 4 rings (SSSR count). The summed E-state index contributed by atoms with van der Waals surface area (Å²) in [6.45, 7) is 5.88. The van der Waals surface area contributed by atoms with E-state index in [2.05, 4.69) is 16.8 Å². The van der Waals surface area contributed by atoms with E-state index < -0.39 is 15.1 Å². The molecule has 3 heterocycles. The standard InChI is InChI=1S/C22H28N4O3S2/c1-2-12-26-20(18-11-15-31(28,29)16-18)23-24-22(26)30-19(17-9-5-3-6-10-17)21(27)25-13-7-4-8-14-25/h2-3,5-6,9-10,18-19H,1,4,7-8,11-16H2. The lowest BCUT2D eigenvalue weighted by molar-refractivity contribution is -0.131. The van der Waals surface area contributed by atoms with E-state index in [0.717, 1.165) is 37.9 Å². The lowest BCUT2D eigenvalue weighted by Gasteiger charge is -2.30. The Balaban J connectivity index is 1.65. The highest BCUT2D eigenvalue weighted by Gasteiger charge is 2.35. The van der Waals surface area contributed by atoms with Crippen molar-refractivity contribution in [3.8, 4) is 0 Å². The third kappa shape index (κ3) is 5.03. The fourth-order valence-electron chi connectivity index (χ4n) is 4.26. The molecule has 9 heteroatoms. The van der Waals surface area contributed by atoms with Gasteiger partial charge in [-0.3, -0.25) is 4.79 Å². The molecule has 31 heavy (non-hydrogen) atoms. The molecule has 0 saturated carbocycles. The molecular weight excluding hydrogens is 432 g/mol. The van der Waals surface area contributed by atoms with Crippen LogP contribution in [-0.2, 0) is 21.2 Å². The van der Waals surface area contributed by atoms with Gasteiger partial charge in [-0.15, -0.1) is 16.8 Å². The summed E-state index contributed by atoms with van der Waals surface area (Å²) in [5, 5.41) is 8.94. The minimum absolute atomic E-state index is 0.0917. The lowest BCUT2D eigenvalue weighted by Crippen LogP contribution is -2.38. The van der Waals surface area contributed by atoms with Crippen LogP contribution in [0.3, 0.4) is 0 Å². The van der Waals surface area contributed by atoms with Gasteiger partial charge in [0.25, 0.3) is 0 Å². The van der Waals surface area contributed by atoms with Crippen LogP contribution in [0.2, 0.25) is 0 Å². The van der Waals surface area contributed by atoms with Crippen LogP contribution >= 0.6 is 11.8 Å². The Morgan fingerprint density at radius 3 is 2.58 bits per heavy atom. The summed E-state index contributed by atoms with van der Waals surface area (Å²) in [4.78, 5) is 15.4. The van der Waals surface area contributed by atoms with Crippen LogP contribution in [0.5, 0.6) is 0 Å². The molecule has 2 saturated heterocycles. The first kappa shape index (κ1) is 22.1. The van der Waals surface area contributed by atoms with Crippen molar-refractivity contribution in [3.63, 3.8) is 0 Å². The number of carbonyl (C=O) groups is 1. The maximum absolute atomic E-state index is 13.5. The smallest absolute Gasteiger partial charge is 0.240 e. The molecule has 2 aliphatic heterocycles. The summed E-state index contributed by atoms with van der Waals surface area (Å²) in [6, 6.07) is 9.76. The quantitative estimate of drug-likeness (QED) is 0.466. The summed E-state index contributed by atoms with van der Waals surface area (Å²) >= 11 is 1.39. The van der Waals surface area contributed by atoms with E-state index >= 15 is 0 Å². The summed E-state index contributed by atoms with van der Waals surface area (Å²) < 4.78 is 25.9. The van der Waals surface area contributed by atoms with Crippen molar-refractivity contribution < 1.29 is 13.2 Å². The number of rotatable bonds is 7. The van der Waals surface area contributed by atoms with Crippen LogP contribution in [0.15, 0.2) is 48.1 Å². The van der Waals surface area contributed by atoms with Gasteiger partial charge in [0, 0.05) is 25.6 Å². The van der Waals surface area contributed by atoms with Crippen molar-refractivity contribution in [3.05, 3.63) is 54.4 Å². The Morgan fingerprint density at radius 1 is 1.19 bits per heavy atom. The lowest BCUT2D eigenvalue weighted by atomic mass is 10.1. The summed E-state index contributed by atoms with van der Waals surface area (Å²) in [5.41, 5.74) is 0.932. The zero-order valence-corrected chi connectivity index (χ0v) is 19.2. The molecule has 0 spiro atoms. The highest BCUT2D eigenvalue weighted by Crippen LogP contribution is 2.38. The summed E-state index contributed by atoms with van der Waals surface area (Å²) in [7, 11) is -3.03. The van der Waals surface area contributed by atoms with Crippen molar-refractivity contribution in [2.24, 2.45) is 0 Å². The Hall–Kier alpha value is -2.13. The first-order valence-electron chi connectivity index (χ1n) is 10.7. The number of allylic oxidation sites excluding steroid dienone is 1. The average molecular weight is 461 g/mol. The van der Waals surface area contributed by atoms with E-state index in [0.29, 0.717) is 23.9 Å².